The highest BCUT2D eigenvalue weighted by Crippen LogP contribution is 2.26. The van der Waals surface area contributed by atoms with Gasteiger partial charge in [0.15, 0.2) is 5.78 Å². The molecule has 0 aliphatic rings. The van der Waals surface area contributed by atoms with E-state index < -0.39 is 6.10 Å². The number of Topliss-reactive ketones (excluding diaryl/α,β-unsaturated/α-hetero) is 1. The van der Waals surface area contributed by atoms with E-state index in [0.29, 0.717) is 36.6 Å². The molecule has 1 atom stereocenters. The van der Waals surface area contributed by atoms with Crippen molar-refractivity contribution in [2.24, 2.45) is 0 Å². The number of amides is 2. The number of nitrogens with zero attached hydrogens (tertiary/aromatic N) is 1. The smallest absolute Gasteiger partial charge is 0.321 e. The Kier molecular flexibility index (Phi) is 7.37. The van der Waals surface area contributed by atoms with E-state index in [-0.39, 0.29) is 11.8 Å². The first-order chi connectivity index (χ1) is 12.9. The summed E-state index contributed by atoms with van der Waals surface area (Å²) < 4.78 is 5.52. The summed E-state index contributed by atoms with van der Waals surface area (Å²) in [4.78, 5) is 25.6. The number of benzene rings is 2. The van der Waals surface area contributed by atoms with Gasteiger partial charge in [-0.15, -0.1) is 0 Å². The molecule has 0 radical (unpaired) electrons. The minimum Gasteiger partial charge on any atom is -0.492 e. The molecule has 0 bridgehead atoms. The molecule has 6 nitrogen and oxygen atoms in total. The highest BCUT2D eigenvalue weighted by atomic mass is 16.5. The molecule has 0 aliphatic heterocycles. The van der Waals surface area contributed by atoms with Crippen LogP contribution in [0.3, 0.4) is 0 Å². The molecule has 2 amide bonds. The summed E-state index contributed by atoms with van der Waals surface area (Å²) in [6.07, 6.45) is -0.221. The van der Waals surface area contributed by atoms with Crippen molar-refractivity contribution in [3.05, 3.63) is 59.7 Å². The van der Waals surface area contributed by atoms with Gasteiger partial charge in [0.25, 0.3) is 0 Å². The summed E-state index contributed by atoms with van der Waals surface area (Å²) in [6, 6.07) is 13.9. The number of anilines is 1. The second-order valence-electron chi connectivity index (χ2n) is 6.27. The van der Waals surface area contributed by atoms with Gasteiger partial charge in [-0.25, -0.2) is 4.79 Å². The minimum absolute atomic E-state index is 0.0899. The number of aliphatic hydroxyl groups excluding tert-OH is 1. The fraction of sp³-hybridized carbons (Fsp3) is 0.333. The zero-order chi connectivity index (χ0) is 19.8. The molecule has 0 spiro atoms. The monoisotopic (exact) mass is 370 g/mol. The Balaban J connectivity index is 2.00. The quantitative estimate of drug-likeness (QED) is 0.691. The molecule has 0 heterocycles. The SMILES string of the molecule is CCOc1ccc(C(C)=O)cc1NC(=O)N(C)CC[C@H](O)c1ccccc1. The van der Waals surface area contributed by atoms with Crippen molar-refractivity contribution in [2.45, 2.75) is 26.4 Å². The maximum absolute atomic E-state index is 12.5. The number of urea groups is 1. The molecule has 0 unspecified atom stereocenters. The lowest BCUT2D eigenvalue weighted by molar-refractivity contribution is 0.101. The van der Waals surface area contributed by atoms with Crippen LogP contribution in [0, 0.1) is 0 Å². The van der Waals surface area contributed by atoms with Crippen LogP contribution in [-0.4, -0.2) is 42.0 Å². The molecule has 27 heavy (non-hydrogen) atoms. The molecule has 2 rings (SSSR count). The van der Waals surface area contributed by atoms with E-state index >= 15 is 0 Å². The molecule has 0 fully saturated rings. The van der Waals surface area contributed by atoms with Gasteiger partial charge in [-0.3, -0.25) is 4.79 Å². The van der Waals surface area contributed by atoms with Crippen molar-refractivity contribution in [1.82, 2.24) is 4.90 Å². The number of carbonyl (C=O) groups is 2. The highest BCUT2D eigenvalue weighted by molar-refractivity contribution is 5.97. The van der Waals surface area contributed by atoms with Crippen LogP contribution in [0.15, 0.2) is 48.5 Å². The first-order valence-electron chi connectivity index (χ1n) is 8.95. The van der Waals surface area contributed by atoms with Crippen molar-refractivity contribution < 1.29 is 19.4 Å². The Labute approximate surface area is 159 Å². The number of ether oxygens (including phenoxy) is 1. The summed E-state index contributed by atoms with van der Waals surface area (Å²) in [5.74, 6) is 0.418. The maximum atomic E-state index is 12.5. The number of ketones is 1. The molecular formula is C21H26N2O4. The Morgan fingerprint density at radius 1 is 1.19 bits per heavy atom. The lowest BCUT2D eigenvalue weighted by Gasteiger charge is -2.21. The Hall–Kier alpha value is -2.86. The van der Waals surface area contributed by atoms with Gasteiger partial charge in [-0.05, 0) is 44.0 Å². The predicted molar refractivity (Wildman–Crippen MR) is 105 cm³/mol. The first kappa shape index (κ1) is 20.5. The Morgan fingerprint density at radius 3 is 2.52 bits per heavy atom. The van der Waals surface area contributed by atoms with E-state index in [1.54, 1.807) is 25.2 Å². The van der Waals surface area contributed by atoms with Crippen LogP contribution in [0.2, 0.25) is 0 Å². The lowest BCUT2D eigenvalue weighted by Crippen LogP contribution is -2.33. The van der Waals surface area contributed by atoms with Crippen LogP contribution in [0.1, 0.15) is 42.3 Å². The van der Waals surface area contributed by atoms with Gasteiger partial charge < -0.3 is 20.1 Å². The third kappa shape index (κ3) is 5.82. The summed E-state index contributed by atoms with van der Waals surface area (Å²) in [7, 11) is 1.65. The van der Waals surface area contributed by atoms with Gasteiger partial charge in [0.05, 0.1) is 18.4 Å². The van der Waals surface area contributed by atoms with Crippen LogP contribution >= 0.6 is 0 Å². The number of rotatable bonds is 8. The number of hydrogen-bond donors (Lipinski definition) is 2. The van der Waals surface area contributed by atoms with E-state index in [1.165, 1.54) is 11.8 Å². The van der Waals surface area contributed by atoms with Gasteiger partial charge >= 0.3 is 6.03 Å². The fourth-order valence-electron chi connectivity index (χ4n) is 2.60. The largest absolute Gasteiger partial charge is 0.492 e. The number of aliphatic hydroxyl groups is 1. The lowest BCUT2D eigenvalue weighted by atomic mass is 10.1. The van der Waals surface area contributed by atoms with E-state index in [1.807, 2.05) is 37.3 Å². The zero-order valence-electron chi connectivity index (χ0n) is 15.9. The summed E-state index contributed by atoms with van der Waals surface area (Å²) in [5, 5.41) is 13.0. The van der Waals surface area contributed by atoms with Crippen molar-refractivity contribution in [3.63, 3.8) is 0 Å². The molecule has 6 heteroatoms. The summed E-state index contributed by atoms with van der Waals surface area (Å²) in [5.41, 5.74) is 1.76. The topological polar surface area (TPSA) is 78.9 Å². The second-order valence-corrected chi connectivity index (χ2v) is 6.27. The van der Waals surface area contributed by atoms with Crippen LogP contribution in [0.4, 0.5) is 10.5 Å². The second kappa shape index (κ2) is 9.73. The van der Waals surface area contributed by atoms with Gasteiger partial charge in [-0.2, -0.15) is 0 Å². The Morgan fingerprint density at radius 2 is 1.89 bits per heavy atom. The number of carbonyl (C=O) groups excluding carboxylic acids is 2. The molecule has 2 aromatic carbocycles. The molecule has 0 saturated carbocycles. The Bertz CT molecular complexity index is 777. The zero-order valence-corrected chi connectivity index (χ0v) is 15.9. The molecule has 0 saturated heterocycles. The molecular weight excluding hydrogens is 344 g/mol. The first-order valence-corrected chi connectivity index (χ1v) is 8.95. The van der Waals surface area contributed by atoms with Gasteiger partial charge in [-0.1, -0.05) is 30.3 Å². The molecule has 2 N–H and O–H groups in total. The van der Waals surface area contributed by atoms with Crippen molar-refractivity contribution >= 4 is 17.5 Å². The molecule has 0 aromatic heterocycles. The predicted octanol–water partition coefficient (Wildman–Crippen LogP) is 3.88. The maximum Gasteiger partial charge on any atom is 0.321 e. The van der Waals surface area contributed by atoms with Crippen LogP contribution in [-0.2, 0) is 0 Å². The third-order valence-electron chi connectivity index (χ3n) is 4.20. The van der Waals surface area contributed by atoms with Gasteiger partial charge in [0.1, 0.15) is 5.75 Å². The van der Waals surface area contributed by atoms with Crippen molar-refractivity contribution in [1.29, 1.82) is 0 Å². The van der Waals surface area contributed by atoms with Crippen molar-refractivity contribution in [2.75, 3.05) is 25.5 Å². The van der Waals surface area contributed by atoms with E-state index in [4.69, 9.17) is 4.74 Å². The number of hydrogen-bond acceptors (Lipinski definition) is 4. The van der Waals surface area contributed by atoms with Gasteiger partial charge in [0.2, 0.25) is 0 Å². The van der Waals surface area contributed by atoms with Gasteiger partial charge in [0, 0.05) is 19.2 Å². The molecule has 2 aromatic rings. The molecule has 144 valence electrons. The standard InChI is InChI=1S/C21H26N2O4/c1-4-27-20-11-10-17(15(2)24)14-18(20)22-21(26)23(3)13-12-19(25)16-8-6-5-7-9-16/h5-11,14,19,25H,4,12-13H2,1-3H3,(H,22,26)/t19-/m0/s1. The van der Waals surface area contributed by atoms with E-state index in [0.717, 1.165) is 5.56 Å². The third-order valence-corrected chi connectivity index (χ3v) is 4.20. The average molecular weight is 370 g/mol. The highest BCUT2D eigenvalue weighted by Gasteiger charge is 2.15. The van der Waals surface area contributed by atoms with Crippen LogP contribution in [0.5, 0.6) is 5.75 Å². The normalized spacial score (nSPS) is 11.6. The average Bonchev–Trinajstić information content (AvgIpc) is 2.67. The van der Waals surface area contributed by atoms with Crippen molar-refractivity contribution in [3.8, 4) is 5.75 Å². The summed E-state index contributed by atoms with van der Waals surface area (Å²) >= 11 is 0. The number of nitrogens with one attached hydrogen (secondary N) is 1. The fourth-order valence-corrected chi connectivity index (χ4v) is 2.60. The molecule has 0 aliphatic carbocycles. The minimum atomic E-state index is -0.638. The summed E-state index contributed by atoms with van der Waals surface area (Å²) in [6.45, 7) is 4.14. The van der Waals surface area contributed by atoms with Crippen LogP contribution in [0.25, 0.3) is 0 Å². The van der Waals surface area contributed by atoms with E-state index in [9.17, 15) is 14.7 Å². The van der Waals surface area contributed by atoms with E-state index in [2.05, 4.69) is 5.32 Å². The van der Waals surface area contributed by atoms with Crippen LogP contribution < -0.4 is 10.1 Å².